The lowest BCUT2D eigenvalue weighted by atomic mass is 10.1. The van der Waals surface area contributed by atoms with Crippen LogP contribution >= 0.6 is 0 Å². The Hall–Kier alpha value is -2.09. The molecule has 24 heavy (non-hydrogen) atoms. The first-order chi connectivity index (χ1) is 11.4. The third-order valence-electron chi connectivity index (χ3n) is 3.65. The predicted octanol–water partition coefficient (Wildman–Crippen LogP) is 1.68. The molecule has 0 heterocycles. The maximum Gasteiger partial charge on any atom is 0.238 e. The highest BCUT2D eigenvalue weighted by Gasteiger charge is 2.07. The molecule has 0 spiro atoms. The molecule has 6 nitrogen and oxygen atoms in total. The van der Waals surface area contributed by atoms with Gasteiger partial charge in [0.1, 0.15) is 11.5 Å². The van der Waals surface area contributed by atoms with E-state index >= 15 is 0 Å². The van der Waals surface area contributed by atoms with Crippen molar-refractivity contribution in [1.29, 1.82) is 0 Å². The molecule has 0 unspecified atom stereocenters. The summed E-state index contributed by atoms with van der Waals surface area (Å²) in [5, 5.41) is 8.42. The third kappa shape index (κ3) is 4.95. The second kappa shape index (κ2) is 8.14. The van der Waals surface area contributed by atoms with Crippen molar-refractivity contribution in [3.63, 3.8) is 0 Å². The summed E-state index contributed by atoms with van der Waals surface area (Å²) in [6.45, 7) is 1.42. The number of sulfonamides is 1. The first-order valence-corrected chi connectivity index (χ1v) is 9.02. The fourth-order valence-corrected chi connectivity index (χ4v) is 2.81. The topological polar surface area (TPSA) is 90.6 Å². The summed E-state index contributed by atoms with van der Waals surface area (Å²) in [7, 11) is -0.385. The number of rotatable bonds is 8. The minimum atomic E-state index is -3.63. The highest BCUT2D eigenvalue weighted by molar-refractivity contribution is 7.89. The highest BCUT2D eigenvalue weighted by atomic mass is 32.2. The Morgan fingerprint density at radius 3 is 2.33 bits per heavy atom. The molecule has 7 heteroatoms. The second-order valence-corrected chi connectivity index (χ2v) is 6.85. The van der Waals surface area contributed by atoms with Crippen LogP contribution in [0.25, 0.3) is 0 Å². The molecule has 0 saturated carbocycles. The summed E-state index contributed by atoms with van der Waals surface area (Å²) < 4.78 is 33.0. The Bertz CT molecular complexity index is 774. The van der Waals surface area contributed by atoms with Crippen LogP contribution in [-0.2, 0) is 23.0 Å². The summed E-state index contributed by atoms with van der Waals surface area (Å²) in [4.78, 5) is 0.127. The Kier molecular flexibility index (Phi) is 6.19. The Morgan fingerprint density at radius 1 is 1.04 bits per heavy atom. The Morgan fingerprint density at radius 2 is 1.75 bits per heavy atom. The van der Waals surface area contributed by atoms with Gasteiger partial charge in [-0.2, -0.15) is 0 Å². The van der Waals surface area contributed by atoms with Gasteiger partial charge in [0, 0.05) is 18.2 Å². The summed E-state index contributed by atoms with van der Waals surface area (Å²) in [6.07, 6.45) is 0.781. The molecule has 0 saturated heterocycles. The average Bonchev–Trinajstić information content (AvgIpc) is 2.58. The molecule has 130 valence electrons. The van der Waals surface area contributed by atoms with E-state index in [-0.39, 0.29) is 4.90 Å². The zero-order chi connectivity index (χ0) is 17.6. The quantitative estimate of drug-likeness (QED) is 0.707. The molecule has 2 aromatic rings. The average molecular weight is 350 g/mol. The molecule has 0 aliphatic heterocycles. The molecule has 0 amide bonds. The number of hydrogen-bond donors (Lipinski definition) is 2. The number of primary sulfonamides is 1. The zero-order valence-corrected chi connectivity index (χ0v) is 14.6. The van der Waals surface area contributed by atoms with Crippen LogP contribution in [0.5, 0.6) is 11.5 Å². The smallest absolute Gasteiger partial charge is 0.238 e. The van der Waals surface area contributed by atoms with Crippen molar-refractivity contribution >= 4 is 10.0 Å². The van der Waals surface area contributed by atoms with Crippen molar-refractivity contribution in [3.05, 3.63) is 53.6 Å². The lowest BCUT2D eigenvalue weighted by Gasteiger charge is -2.11. The van der Waals surface area contributed by atoms with Crippen LogP contribution in [0.2, 0.25) is 0 Å². The molecule has 3 N–H and O–H groups in total. The lowest BCUT2D eigenvalue weighted by molar-refractivity contribution is 0.390. The van der Waals surface area contributed by atoms with Crippen LogP contribution in [0, 0.1) is 0 Å². The van der Waals surface area contributed by atoms with E-state index in [1.807, 2.05) is 18.2 Å². The van der Waals surface area contributed by atoms with Crippen molar-refractivity contribution in [2.45, 2.75) is 17.9 Å². The fourth-order valence-electron chi connectivity index (χ4n) is 2.30. The number of benzene rings is 2. The van der Waals surface area contributed by atoms with Crippen molar-refractivity contribution in [3.8, 4) is 11.5 Å². The molecular formula is C17H22N2O4S. The van der Waals surface area contributed by atoms with E-state index in [2.05, 4.69) is 5.32 Å². The maximum atomic E-state index is 11.2. The maximum absolute atomic E-state index is 11.2. The largest absolute Gasteiger partial charge is 0.497 e. The summed E-state index contributed by atoms with van der Waals surface area (Å²) in [6, 6.07) is 12.3. The van der Waals surface area contributed by atoms with Gasteiger partial charge in [-0.15, -0.1) is 0 Å². The molecule has 2 aromatic carbocycles. The van der Waals surface area contributed by atoms with Crippen LogP contribution in [0.3, 0.4) is 0 Å². The molecule has 2 rings (SSSR count). The molecule has 0 radical (unpaired) electrons. The first-order valence-electron chi connectivity index (χ1n) is 7.47. The van der Waals surface area contributed by atoms with Crippen molar-refractivity contribution < 1.29 is 17.9 Å². The van der Waals surface area contributed by atoms with Gasteiger partial charge in [-0.1, -0.05) is 18.2 Å². The van der Waals surface area contributed by atoms with Crippen LogP contribution in [-0.4, -0.2) is 29.2 Å². The van der Waals surface area contributed by atoms with Crippen molar-refractivity contribution in [2.24, 2.45) is 5.14 Å². The molecule has 0 atom stereocenters. The van der Waals surface area contributed by atoms with E-state index in [4.69, 9.17) is 14.6 Å². The SMILES string of the molecule is COc1ccc(CNCCc2ccc(S(N)(=O)=O)cc2)c(OC)c1. The van der Waals surface area contributed by atoms with Crippen LogP contribution < -0.4 is 19.9 Å². The number of nitrogens with two attached hydrogens (primary N) is 1. The summed E-state index contributed by atoms with van der Waals surface area (Å²) in [5.74, 6) is 1.53. The fraction of sp³-hybridized carbons (Fsp3) is 0.294. The van der Waals surface area contributed by atoms with Gasteiger partial charge in [0.2, 0.25) is 10.0 Å². The van der Waals surface area contributed by atoms with Gasteiger partial charge in [0.15, 0.2) is 0 Å². The van der Waals surface area contributed by atoms with E-state index in [1.54, 1.807) is 26.4 Å². The molecule has 0 aliphatic rings. The molecule has 0 aliphatic carbocycles. The lowest BCUT2D eigenvalue weighted by Crippen LogP contribution is -2.17. The second-order valence-electron chi connectivity index (χ2n) is 5.29. The van der Waals surface area contributed by atoms with Crippen molar-refractivity contribution in [1.82, 2.24) is 5.32 Å². The molecule has 0 aromatic heterocycles. The van der Waals surface area contributed by atoms with Gasteiger partial charge in [0.25, 0.3) is 0 Å². The van der Waals surface area contributed by atoms with E-state index in [9.17, 15) is 8.42 Å². The number of ether oxygens (including phenoxy) is 2. The van der Waals surface area contributed by atoms with Gasteiger partial charge >= 0.3 is 0 Å². The van der Waals surface area contributed by atoms with Gasteiger partial charge in [-0.3, -0.25) is 0 Å². The standard InChI is InChI=1S/C17H22N2O4S/c1-22-15-6-5-14(17(11-15)23-2)12-19-10-9-13-3-7-16(8-4-13)24(18,20)21/h3-8,11,19H,9-10,12H2,1-2H3,(H2,18,20,21). The minimum absolute atomic E-state index is 0.127. The van der Waals surface area contributed by atoms with Gasteiger partial charge < -0.3 is 14.8 Å². The van der Waals surface area contributed by atoms with Crippen LogP contribution in [0.4, 0.5) is 0 Å². The summed E-state index contributed by atoms with van der Waals surface area (Å²) >= 11 is 0. The van der Waals surface area contributed by atoms with E-state index in [0.29, 0.717) is 6.54 Å². The first kappa shape index (κ1) is 18.3. The molecular weight excluding hydrogens is 328 g/mol. The number of methoxy groups -OCH3 is 2. The third-order valence-corrected chi connectivity index (χ3v) is 4.58. The number of hydrogen-bond acceptors (Lipinski definition) is 5. The molecule has 0 fully saturated rings. The zero-order valence-electron chi connectivity index (χ0n) is 13.8. The Labute approximate surface area is 142 Å². The van der Waals surface area contributed by atoms with Gasteiger partial charge in [-0.25, -0.2) is 13.6 Å². The molecule has 0 bridgehead atoms. The van der Waals surface area contributed by atoms with Crippen LogP contribution in [0.1, 0.15) is 11.1 Å². The Balaban J connectivity index is 1.87. The van der Waals surface area contributed by atoms with E-state index < -0.39 is 10.0 Å². The van der Waals surface area contributed by atoms with Gasteiger partial charge in [0.05, 0.1) is 19.1 Å². The normalized spacial score (nSPS) is 11.3. The van der Waals surface area contributed by atoms with Crippen LogP contribution in [0.15, 0.2) is 47.4 Å². The van der Waals surface area contributed by atoms with E-state index in [0.717, 1.165) is 35.6 Å². The predicted molar refractivity (Wildman–Crippen MR) is 92.8 cm³/mol. The van der Waals surface area contributed by atoms with E-state index in [1.165, 1.54) is 12.1 Å². The highest BCUT2D eigenvalue weighted by Crippen LogP contribution is 2.24. The minimum Gasteiger partial charge on any atom is -0.497 e. The van der Waals surface area contributed by atoms with Crippen molar-refractivity contribution in [2.75, 3.05) is 20.8 Å². The summed E-state index contributed by atoms with van der Waals surface area (Å²) in [5.41, 5.74) is 2.08. The number of nitrogens with one attached hydrogen (secondary N) is 1. The van der Waals surface area contributed by atoms with Gasteiger partial charge in [-0.05, 0) is 36.7 Å². The monoisotopic (exact) mass is 350 g/mol.